The van der Waals surface area contributed by atoms with E-state index < -0.39 is 60.6 Å². The number of hydrogen-bond donors (Lipinski definition) is 1. The SMILES string of the molecule is O=C(OC1CNCCC12N=C(Cc1ccc(Cl)cc1Cl)N(OC(=O)C(F)(F)F)C2=O)C(F)(F)F. The third-order valence-electron chi connectivity index (χ3n) is 4.91. The number of piperidine rings is 1. The number of halogens is 8. The minimum Gasteiger partial charge on any atom is -0.451 e. The van der Waals surface area contributed by atoms with Gasteiger partial charge in [0, 0.05) is 23.0 Å². The summed E-state index contributed by atoms with van der Waals surface area (Å²) >= 11 is 11.9. The van der Waals surface area contributed by atoms with Crippen molar-refractivity contribution in [3.8, 4) is 0 Å². The van der Waals surface area contributed by atoms with Gasteiger partial charge in [-0.3, -0.25) is 4.79 Å². The maximum Gasteiger partial charge on any atom is 0.493 e. The monoisotopic (exact) mass is 535 g/mol. The quantitative estimate of drug-likeness (QED) is 0.470. The van der Waals surface area contributed by atoms with Crippen LogP contribution in [0, 0.1) is 0 Å². The molecule has 0 aromatic heterocycles. The maximum absolute atomic E-state index is 13.1. The molecule has 2 aliphatic rings. The van der Waals surface area contributed by atoms with Crippen LogP contribution in [0.25, 0.3) is 0 Å². The third kappa shape index (κ3) is 5.23. The molecule has 1 aromatic rings. The summed E-state index contributed by atoms with van der Waals surface area (Å²) in [6.07, 6.45) is -13.6. The number of amidine groups is 1. The number of carbonyl (C=O) groups is 3. The molecule has 1 saturated heterocycles. The summed E-state index contributed by atoms with van der Waals surface area (Å²) in [6.45, 7) is -0.502. The standard InChI is InChI=1S/C18H13Cl2F6N3O5/c19-9-2-1-8(10(20)6-9)5-12-28-16(13(30)29(12)34-15(32)18(24,25)26)3-4-27-7-11(16)33-14(31)17(21,22)23/h1-2,6,11,27H,3-5,7H2. The molecule has 2 atom stereocenters. The molecule has 1 spiro atoms. The highest BCUT2D eigenvalue weighted by Gasteiger charge is 2.60. The lowest BCUT2D eigenvalue weighted by molar-refractivity contribution is -0.227. The average molecular weight is 536 g/mol. The fourth-order valence-corrected chi connectivity index (χ4v) is 3.82. The number of esters is 1. The molecule has 186 valence electrons. The third-order valence-corrected chi connectivity index (χ3v) is 5.50. The first-order valence-corrected chi connectivity index (χ1v) is 10.1. The number of hydroxylamine groups is 2. The predicted molar refractivity (Wildman–Crippen MR) is 103 cm³/mol. The Bertz CT molecular complexity index is 1050. The molecule has 3 rings (SSSR count). The Balaban J connectivity index is 2.03. The molecule has 2 aliphatic heterocycles. The highest BCUT2D eigenvalue weighted by Crippen LogP contribution is 2.37. The molecule has 1 aromatic carbocycles. The van der Waals surface area contributed by atoms with Gasteiger partial charge in [0.1, 0.15) is 6.10 Å². The summed E-state index contributed by atoms with van der Waals surface area (Å²) in [6, 6.07) is 4.02. The molecule has 34 heavy (non-hydrogen) atoms. The van der Waals surface area contributed by atoms with Crippen molar-refractivity contribution in [1.29, 1.82) is 0 Å². The minimum atomic E-state index is -5.50. The lowest BCUT2D eigenvalue weighted by Crippen LogP contribution is -2.60. The van der Waals surface area contributed by atoms with E-state index in [9.17, 15) is 40.7 Å². The Morgan fingerprint density at radius 1 is 1.15 bits per heavy atom. The molecule has 0 aliphatic carbocycles. The molecule has 1 amide bonds. The largest absolute Gasteiger partial charge is 0.493 e. The Labute approximate surface area is 196 Å². The van der Waals surface area contributed by atoms with E-state index in [1.165, 1.54) is 18.2 Å². The number of nitrogens with one attached hydrogen (secondary N) is 1. The number of amides is 1. The Hall–Kier alpha value is -2.58. The summed E-state index contributed by atoms with van der Waals surface area (Å²) < 4.78 is 81.1. The van der Waals surface area contributed by atoms with Crippen molar-refractivity contribution in [2.45, 2.75) is 36.8 Å². The molecule has 0 bridgehead atoms. The molecular weight excluding hydrogens is 523 g/mol. The normalized spacial score (nSPS) is 23.2. The minimum absolute atomic E-state index is 0.0225. The maximum atomic E-state index is 13.1. The number of alkyl halides is 6. The summed E-state index contributed by atoms with van der Waals surface area (Å²) in [7, 11) is 0. The van der Waals surface area contributed by atoms with Gasteiger partial charge in [-0.15, -0.1) is 5.06 Å². The van der Waals surface area contributed by atoms with Crippen LogP contribution in [0.5, 0.6) is 0 Å². The number of nitrogens with zero attached hydrogens (tertiary/aromatic N) is 2. The van der Waals surface area contributed by atoms with Gasteiger partial charge in [-0.05, 0) is 30.7 Å². The van der Waals surface area contributed by atoms with Gasteiger partial charge in [0.25, 0.3) is 5.91 Å². The van der Waals surface area contributed by atoms with E-state index >= 15 is 0 Å². The predicted octanol–water partition coefficient (Wildman–Crippen LogP) is 3.00. The fraction of sp³-hybridized carbons (Fsp3) is 0.444. The van der Waals surface area contributed by atoms with E-state index in [2.05, 4.69) is 19.9 Å². The van der Waals surface area contributed by atoms with Crippen LogP contribution >= 0.6 is 23.2 Å². The summed E-state index contributed by atoms with van der Waals surface area (Å²) in [5.41, 5.74) is -2.08. The average Bonchev–Trinajstić information content (AvgIpc) is 2.96. The topological polar surface area (TPSA) is 97.3 Å². The second-order valence-corrected chi connectivity index (χ2v) is 8.03. The van der Waals surface area contributed by atoms with Gasteiger partial charge < -0.3 is 14.9 Å². The van der Waals surface area contributed by atoms with E-state index in [0.717, 1.165) is 0 Å². The van der Waals surface area contributed by atoms with E-state index in [0.29, 0.717) is 0 Å². The van der Waals surface area contributed by atoms with E-state index in [-0.39, 0.29) is 33.6 Å². The number of carbonyl (C=O) groups excluding carboxylic acids is 3. The van der Waals surface area contributed by atoms with Crippen molar-refractivity contribution in [1.82, 2.24) is 10.4 Å². The van der Waals surface area contributed by atoms with Crippen molar-refractivity contribution < 1.29 is 50.3 Å². The first kappa shape index (κ1) is 26.0. The van der Waals surface area contributed by atoms with Crippen LogP contribution in [-0.2, 0) is 30.4 Å². The zero-order valence-electron chi connectivity index (χ0n) is 16.6. The Morgan fingerprint density at radius 2 is 1.79 bits per heavy atom. The molecular formula is C18H13Cl2F6N3O5. The zero-order chi connectivity index (χ0) is 25.5. The number of hydrogen-bond acceptors (Lipinski definition) is 7. The number of benzene rings is 1. The van der Waals surface area contributed by atoms with Crippen LogP contribution in [0.4, 0.5) is 26.3 Å². The first-order chi connectivity index (χ1) is 15.6. The number of ether oxygens (including phenoxy) is 1. The highest BCUT2D eigenvalue weighted by atomic mass is 35.5. The number of aliphatic imine (C=N–C) groups is 1. The van der Waals surface area contributed by atoms with Crippen molar-refractivity contribution in [2.24, 2.45) is 4.99 Å². The molecule has 16 heteroatoms. The van der Waals surface area contributed by atoms with Crippen LogP contribution in [0.3, 0.4) is 0 Å². The van der Waals surface area contributed by atoms with Gasteiger partial charge in [0.15, 0.2) is 11.4 Å². The smallest absolute Gasteiger partial charge is 0.451 e. The van der Waals surface area contributed by atoms with Gasteiger partial charge in [-0.1, -0.05) is 29.3 Å². The molecule has 0 saturated carbocycles. The van der Waals surface area contributed by atoms with Crippen LogP contribution in [0.1, 0.15) is 12.0 Å². The van der Waals surface area contributed by atoms with E-state index in [1.54, 1.807) is 0 Å². The molecule has 1 fully saturated rings. The molecule has 2 heterocycles. The van der Waals surface area contributed by atoms with Crippen LogP contribution in [-0.4, -0.2) is 65.8 Å². The second kappa shape index (κ2) is 9.23. The van der Waals surface area contributed by atoms with Crippen LogP contribution in [0.15, 0.2) is 23.2 Å². The Kier molecular flexibility index (Phi) is 7.06. The summed E-state index contributed by atoms with van der Waals surface area (Å²) in [5, 5.41) is 2.80. The van der Waals surface area contributed by atoms with Gasteiger partial charge in [0.2, 0.25) is 0 Å². The molecule has 0 radical (unpaired) electrons. The number of rotatable bonds is 4. The van der Waals surface area contributed by atoms with Crippen molar-refractivity contribution in [3.05, 3.63) is 33.8 Å². The lowest BCUT2D eigenvalue weighted by Gasteiger charge is -2.36. The van der Waals surface area contributed by atoms with Crippen LogP contribution in [0.2, 0.25) is 10.0 Å². The van der Waals surface area contributed by atoms with Crippen molar-refractivity contribution in [2.75, 3.05) is 13.1 Å². The highest BCUT2D eigenvalue weighted by molar-refractivity contribution is 6.35. The van der Waals surface area contributed by atoms with E-state index in [1.807, 2.05) is 0 Å². The zero-order valence-corrected chi connectivity index (χ0v) is 18.1. The second-order valence-electron chi connectivity index (χ2n) is 7.19. The Morgan fingerprint density at radius 3 is 2.38 bits per heavy atom. The summed E-state index contributed by atoms with van der Waals surface area (Å²) in [4.78, 5) is 44.2. The molecule has 2 unspecified atom stereocenters. The van der Waals surface area contributed by atoms with Gasteiger partial charge in [-0.25, -0.2) is 14.6 Å². The van der Waals surface area contributed by atoms with Gasteiger partial charge in [0.05, 0.1) is 0 Å². The summed E-state index contributed by atoms with van der Waals surface area (Å²) in [5.74, 6) is -7.38. The van der Waals surface area contributed by atoms with Gasteiger partial charge >= 0.3 is 24.3 Å². The lowest BCUT2D eigenvalue weighted by atomic mass is 9.86. The van der Waals surface area contributed by atoms with E-state index in [4.69, 9.17) is 23.2 Å². The van der Waals surface area contributed by atoms with Crippen molar-refractivity contribution >= 4 is 46.9 Å². The van der Waals surface area contributed by atoms with Crippen molar-refractivity contribution in [3.63, 3.8) is 0 Å². The fourth-order valence-electron chi connectivity index (χ4n) is 3.34. The van der Waals surface area contributed by atoms with Crippen LogP contribution < -0.4 is 5.32 Å². The first-order valence-electron chi connectivity index (χ1n) is 9.30. The van der Waals surface area contributed by atoms with Gasteiger partial charge in [-0.2, -0.15) is 26.3 Å². The molecule has 1 N–H and O–H groups in total. The molecule has 8 nitrogen and oxygen atoms in total.